The molecule has 0 radical (unpaired) electrons. The number of ether oxygens (including phenoxy) is 1. The molecule has 5 nitrogen and oxygen atoms in total. The lowest BCUT2D eigenvalue weighted by atomic mass is 10.1. The molecule has 0 saturated carbocycles. The SMILES string of the molecule is O=C(NCc1ccc(OCC(F)(F)F)nc1)c1c(O)c(Cl)cc(Cl)c1Cl. The Morgan fingerprint density at radius 1 is 1.23 bits per heavy atom. The molecule has 1 heterocycles. The zero-order valence-corrected chi connectivity index (χ0v) is 15.0. The second-order valence-electron chi connectivity index (χ2n) is 4.97. The summed E-state index contributed by atoms with van der Waals surface area (Å²) in [4.78, 5) is 15.9. The number of carbonyl (C=O) groups excluding carboxylic acids is 1. The van der Waals surface area contributed by atoms with Gasteiger partial charge in [0.1, 0.15) is 11.3 Å². The van der Waals surface area contributed by atoms with Gasteiger partial charge in [-0.15, -0.1) is 0 Å². The van der Waals surface area contributed by atoms with Crippen LogP contribution in [0, 0.1) is 0 Å². The molecule has 0 aliphatic heterocycles. The van der Waals surface area contributed by atoms with Crippen molar-refractivity contribution in [2.75, 3.05) is 6.61 Å². The lowest BCUT2D eigenvalue weighted by molar-refractivity contribution is -0.154. The molecule has 26 heavy (non-hydrogen) atoms. The summed E-state index contributed by atoms with van der Waals surface area (Å²) in [5, 5.41) is 12.0. The number of amides is 1. The number of nitrogens with one attached hydrogen (secondary N) is 1. The van der Waals surface area contributed by atoms with Crippen LogP contribution >= 0.6 is 34.8 Å². The molecule has 0 spiro atoms. The molecule has 0 bridgehead atoms. The Morgan fingerprint density at radius 3 is 2.50 bits per heavy atom. The van der Waals surface area contributed by atoms with Crippen LogP contribution in [0.25, 0.3) is 0 Å². The molecule has 0 fully saturated rings. The lowest BCUT2D eigenvalue weighted by Gasteiger charge is -2.11. The highest BCUT2D eigenvalue weighted by Gasteiger charge is 2.28. The van der Waals surface area contributed by atoms with Crippen LogP contribution in [0.4, 0.5) is 13.2 Å². The third kappa shape index (κ3) is 5.30. The van der Waals surface area contributed by atoms with Crippen molar-refractivity contribution in [3.63, 3.8) is 0 Å². The van der Waals surface area contributed by atoms with Crippen LogP contribution in [-0.2, 0) is 6.54 Å². The largest absolute Gasteiger partial charge is 0.505 e. The summed E-state index contributed by atoms with van der Waals surface area (Å²) in [5.41, 5.74) is 0.184. The van der Waals surface area contributed by atoms with Crippen LogP contribution in [0.2, 0.25) is 15.1 Å². The van der Waals surface area contributed by atoms with E-state index >= 15 is 0 Å². The summed E-state index contributed by atoms with van der Waals surface area (Å²) in [5.74, 6) is -1.47. The number of phenols is 1. The molecule has 140 valence electrons. The number of nitrogens with zero attached hydrogens (tertiary/aromatic N) is 1. The van der Waals surface area contributed by atoms with Crippen molar-refractivity contribution in [1.82, 2.24) is 10.3 Å². The van der Waals surface area contributed by atoms with E-state index in [9.17, 15) is 23.1 Å². The first-order valence-electron chi connectivity index (χ1n) is 6.87. The number of rotatable bonds is 5. The maximum Gasteiger partial charge on any atom is 0.422 e. The zero-order chi connectivity index (χ0) is 19.5. The summed E-state index contributed by atoms with van der Waals surface area (Å²) in [6.45, 7) is -1.49. The first kappa shape index (κ1) is 20.4. The summed E-state index contributed by atoms with van der Waals surface area (Å²) < 4.78 is 40.7. The van der Waals surface area contributed by atoms with E-state index in [2.05, 4.69) is 15.0 Å². The Labute approximate surface area is 160 Å². The van der Waals surface area contributed by atoms with Crippen molar-refractivity contribution in [2.24, 2.45) is 0 Å². The second-order valence-corrected chi connectivity index (χ2v) is 6.16. The average molecular weight is 430 g/mol. The van der Waals surface area contributed by atoms with Crippen LogP contribution < -0.4 is 10.1 Å². The number of phenolic OH excluding ortho intramolecular Hbond substituents is 1. The maximum atomic E-state index is 12.2. The predicted molar refractivity (Wildman–Crippen MR) is 90.1 cm³/mol. The Morgan fingerprint density at radius 2 is 1.92 bits per heavy atom. The molecule has 11 heteroatoms. The topological polar surface area (TPSA) is 71.5 Å². The fourth-order valence-corrected chi connectivity index (χ4v) is 2.51. The number of pyridine rings is 1. The van der Waals surface area contributed by atoms with Crippen molar-refractivity contribution < 1.29 is 27.8 Å². The number of benzene rings is 1. The van der Waals surface area contributed by atoms with E-state index in [4.69, 9.17) is 34.8 Å². The Balaban J connectivity index is 2.02. The standard InChI is InChI=1S/C15H10Cl3F3N2O3/c16-8-3-9(17)13(24)11(12(8)18)14(25)23-5-7-1-2-10(22-4-7)26-6-15(19,20)21/h1-4,24H,5-6H2,(H,23,25). The van der Waals surface area contributed by atoms with Crippen LogP contribution in [0.1, 0.15) is 15.9 Å². The van der Waals surface area contributed by atoms with Gasteiger partial charge in [-0.05, 0) is 11.6 Å². The van der Waals surface area contributed by atoms with Gasteiger partial charge in [0.05, 0.1) is 15.1 Å². The van der Waals surface area contributed by atoms with Crippen LogP contribution in [0.15, 0.2) is 24.4 Å². The lowest BCUT2D eigenvalue weighted by Crippen LogP contribution is -2.23. The molecule has 0 unspecified atom stereocenters. The molecule has 2 aromatic rings. The smallest absolute Gasteiger partial charge is 0.422 e. The molecule has 0 atom stereocenters. The predicted octanol–water partition coefficient (Wildman–Crippen LogP) is 4.62. The van der Waals surface area contributed by atoms with Crippen molar-refractivity contribution in [2.45, 2.75) is 12.7 Å². The minimum absolute atomic E-state index is 0.00699. The van der Waals surface area contributed by atoms with Gasteiger partial charge in [-0.2, -0.15) is 13.2 Å². The van der Waals surface area contributed by atoms with E-state index in [-0.39, 0.29) is 33.1 Å². The highest BCUT2D eigenvalue weighted by Crippen LogP contribution is 2.38. The highest BCUT2D eigenvalue weighted by atomic mass is 35.5. The normalized spacial score (nSPS) is 11.3. The minimum atomic E-state index is -4.46. The van der Waals surface area contributed by atoms with Gasteiger partial charge in [0.25, 0.3) is 5.91 Å². The van der Waals surface area contributed by atoms with Crippen molar-refractivity contribution in [1.29, 1.82) is 0 Å². The molecular formula is C15H10Cl3F3N2O3. The van der Waals surface area contributed by atoms with Gasteiger partial charge in [-0.1, -0.05) is 40.9 Å². The third-order valence-electron chi connectivity index (χ3n) is 3.01. The molecule has 1 aromatic heterocycles. The molecule has 0 saturated heterocycles. The highest BCUT2D eigenvalue weighted by molar-refractivity contribution is 6.45. The molecule has 2 rings (SSSR count). The van der Waals surface area contributed by atoms with Gasteiger partial charge < -0.3 is 15.2 Å². The number of aromatic hydroxyl groups is 1. The van der Waals surface area contributed by atoms with Crippen molar-refractivity contribution in [3.8, 4) is 11.6 Å². The monoisotopic (exact) mass is 428 g/mol. The number of hydrogen-bond donors (Lipinski definition) is 2. The van der Waals surface area contributed by atoms with Crippen LogP contribution in [0.3, 0.4) is 0 Å². The second kappa shape index (κ2) is 8.20. The van der Waals surface area contributed by atoms with E-state index in [0.29, 0.717) is 5.56 Å². The number of carbonyl (C=O) groups is 1. The van der Waals surface area contributed by atoms with Crippen molar-refractivity contribution in [3.05, 3.63) is 50.6 Å². The third-order valence-corrected chi connectivity index (χ3v) is 4.08. The van der Waals surface area contributed by atoms with E-state index < -0.39 is 24.4 Å². The molecule has 1 aromatic carbocycles. The molecule has 1 amide bonds. The number of halogens is 6. The van der Waals surface area contributed by atoms with Gasteiger partial charge in [-0.25, -0.2) is 4.98 Å². The number of aromatic nitrogens is 1. The van der Waals surface area contributed by atoms with Crippen molar-refractivity contribution >= 4 is 40.7 Å². The van der Waals surface area contributed by atoms with Gasteiger partial charge in [0.2, 0.25) is 5.88 Å². The minimum Gasteiger partial charge on any atom is -0.505 e. The summed E-state index contributed by atoms with van der Waals surface area (Å²) in [6, 6.07) is 3.85. The zero-order valence-electron chi connectivity index (χ0n) is 12.7. The quantitative estimate of drug-likeness (QED) is 0.681. The fraction of sp³-hybridized carbons (Fsp3) is 0.200. The summed E-state index contributed by atoms with van der Waals surface area (Å²) >= 11 is 17.5. The first-order chi connectivity index (χ1) is 12.1. The molecule has 2 N–H and O–H groups in total. The number of hydrogen-bond acceptors (Lipinski definition) is 4. The van der Waals surface area contributed by atoms with E-state index in [1.54, 1.807) is 0 Å². The fourth-order valence-electron chi connectivity index (χ4n) is 1.82. The van der Waals surface area contributed by atoms with E-state index in [0.717, 1.165) is 0 Å². The Hall–Kier alpha value is -1.90. The molecular weight excluding hydrogens is 420 g/mol. The van der Waals surface area contributed by atoms with Gasteiger partial charge in [0.15, 0.2) is 6.61 Å². The summed E-state index contributed by atoms with van der Waals surface area (Å²) in [7, 11) is 0. The van der Waals surface area contributed by atoms with Crippen LogP contribution in [-0.4, -0.2) is 28.8 Å². The first-order valence-corrected chi connectivity index (χ1v) is 8.01. The maximum absolute atomic E-state index is 12.2. The van der Waals surface area contributed by atoms with Crippen LogP contribution in [0.5, 0.6) is 11.6 Å². The van der Waals surface area contributed by atoms with Gasteiger partial charge in [-0.3, -0.25) is 4.79 Å². The Bertz CT molecular complexity index is 788. The molecule has 0 aliphatic rings. The number of alkyl halides is 3. The van der Waals surface area contributed by atoms with Gasteiger partial charge in [0, 0.05) is 18.8 Å². The Kier molecular flexibility index (Phi) is 6.44. The van der Waals surface area contributed by atoms with E-state index in [1.165, 1.54) is 24.4 Å². The average Bonchev–Trinajstić information content (AvgIpc) is 2.57. The van der Waals surface area contributed by atoms with Gasteiger partial charge >= 0.3 is 6.18 Å². The molecule has 0 aliphatic carbocycles. The van der Waals surface area contributed by atoms with E-state index in [1.807, 2.05) is 0 Å². The summed E-state index contributed by atoms with van der Waals surface area (Å²) in [6.07, 6.45) is -3.23.